The predicted molar refractivity (Wildman–Crippen MR) is 101 cm³/mol. The van der Waals surface area contributed by atoms with Gasteiger partial charge in [0, 0.05) is 13.3 Å². The molecule has 1 aromatic carbocycles. The van der Waals surface area contributed by atoms with Crippen LogP contribution in [0.25, 0.3) is 11.2 Å². The molecule has 9 nitrogen and oxygen atoms in total. The van der Waals surface area contributed by atoms with Crippen molar-refractivity contribution in [2.75, 3.05) is 6.61 Å². The molecule has 1 aliphatic heterocycles. The fourth-order valence-corrected chi connectivity index (χ4v) is 3.40. The van der Waals surface area contributed by atoms with E-state index in [1.165, 1.54) is 19.6 Å². The van der Waals surface area contributed by atoms with Crippen LogP contribution in [0.2, 0.25) is 5.15 Å². The van der Waals surface area contributed by atoms with Crippen LogP contribution in [0.4, 0.5) is 0 Å². The molecular formula is C19H17ClN4O5. The van der Waals surface area contributed by atoms with Crippen LogP contribution in [-0.2, 0) is 19.0 Å². The van der Waals surface area contributed by atoms with Crippen LogP contribution in [0.15, 0.2) is 43.0 Å². The summed E-state index contributed by atoms with van der Waals surface area (Å²) >= 11 is 6.06. The molecule has 0 radical (unpaired) electrons. The number of aromatic nitrogens is 4. The quantitative estimate of drug-likeness (QED) is 0.461. The van der Waals surface area contributed by atoms with E-state index in [2.05, 4.69) is 15.0 Å². The normalized spacial score (nSPS) is 21.2. The Hall–Kier alpha value is -3.04. The summed E-state index contributed by atoms with van der Waals surface area (Å²) in [7, 11) is 0. The molecular weight excluding hydrogens is 400 g/mol. The molecule has 29 heavy (non-hydrogen) atoms. The molecule has 150 valence electrons. The first-order valence-electron chi connectivity index (χ1n) is 8.91. The minimum atomic E-state index is -0.685. The number of ether oxygens (including phenoxy) is 3. The minimum absolute atomic E-state index is 0.0182. The van der Waals surface area contributed by atoms with Crippen LogP contribution in [-0.4, -0.2) is 50.3 Å². The zero-order valence-electron chi connectivity index (χ0n) is 15.4. The third-order valence-corrected chi connectivity index (χ3v) is 4.74. The van der Waals surface area contributed by atoms with Crippen molar-refractivity contribution in [3.63, 3.8) is 0 Å². The second-order valence-corrected chi connectivity index (χ2v) is 6.84. The van der Waals surface area contributed by atoms with E-state index in [4.69, 9.17) is 25.8 Å². The second kappa shape index (κ2) is 8.14. The highest BCUT2D eigenvalue weighted by Crippen LogP contribution is 2.34. The molecule has 1 saturated heterocycles. The van der Waals surface area contributed by atoms with Crippen molar-refractivity contribution in [2.45, 2.75) is 31.8 Å². The van der Waals surface area contributed by atoms with E-state index < -0.39 is 30.4 Å². The van der Waals surface area contributed by atoms with E-state index in [9.17, 15) is 9.59 Å². The van der Waals surface area contributed by atoms with Gasteiger partial charge in [0.2, 0.25) is 0 Å². The molecule has 10 heteroatoms. The zero-order chi connectivity index (χ0) is 20.4. The monoisotopic (exact) mass is 416 g/mol. The predicted octanol–water partition coefficient (Wildman–Crippen LogP) is 2.56. The SMILES string of the molecule is CC(=O)O[C@H]1C[C@@H](COC(=O)c2ccccc2)O[C@H]1n1cnc2c(Cl)ncnc21. The average Bonchev–Trinajstić information content (AvgIpc) is 3.31. The molecule has 2 aromatic heterocycles. The van der Waals surface area contributed by atoms with Crippen molar-refractivity contribution in [3.05, 3.63) is 53.7 Å². The van der Waals surface area contributed by atoms with Crippen LogP contribution < -0.4 is 0 Å². The Labute approximate surface area is 170 Å². The van der Waals surface area contributed by atoms with Crippen LogP contribution in [0.5, 0.6) is 0 Å². The fourth-order valence-electron chi connectivity index (χ4n) is 3.22. The van der Waals surface area contributed by atoms with Gasteiger partial charge in [-0.15, -0.1) is 0 Å². The summed E-state index contributed by atoms with van der Waals surface area (Å²) in [5, 5.41) is 0.212. The largest absolute Gasteiger partial charge is 0.459 e. The summed E-state index contributed by atoms with van der Waals surface area (Å²) < 4.78 is 18.4. The first-order valence-corrected chi connectivity index (χ1v) is 9.28. The number of hydrogen-bond donors (Lipinski definition) is 0. The Balaban J connectivity index is 1.51. The smallest absolute Gasteiger partial charge is 0.338 e. The first-order chi connectivity index (χ1) is 14.0. The van der Waals surface area contributed by atoms with Crippen molar-refractivity contribution in [1.29, 1.82) is 0 Å². The summed E-state index contributed by atoms with van der Waals surface area (Å²) in [5.41, 5.74) is 1.32. The molecule has 0 unspecified atom stereocenters. The molecule has 3 atom stereocenters. The summed E-state index contributed by atoms with van der Waals surface area (Å²) in [5.74, 6) is -0.892. The number of esters is 2. The van der Waals surface area contributed by atoms with Crippen molar-refractivity contribution >= 4 is 34.7 Å². The van der Waals surface area contributed by atoms with Crippen LogP contribution in [0.1, 0.15) is 29.9 Å². The zero-order valence-corrected chi connectivity index (χ0v) is 16.2. The van der Waals surface area contributed by atoms with Gasteiger partial charge in [-0.2, -0.15) is 0 Å². The number of halogens is 1. The van der Waals surface area contributed by atoms with Gasteiger partial charge in [0.1, 0.15) is 24.6 Å². The number of carbonyl (C=O) groups excluding carboxylic acids is 2. The molecule has 1 fully saturated rings. The Morgan fingerprint density at radius 3 is 2.79 bits per heavy atom. The van der Waals surface area contributed by atoms with Gasteiger partial charge in [0.25, 0.3) is 0 Å². The first kappa shape index (κ1) is 19.3. The lowest BCUT2D eigenvalue weighted by Gasteiger charge is -2.19. The average molecular weight is 417 g/mol. The number of benzene rings is 1. The minimum Gasteiger partial charge on any atom is -0.459 e. The standard InChI is InChI=1S/C19H17ClN4O5/c1-11(25)28-14-7-13(8-27-19(26)12-5-3-2-4-6-12)29-18(14)24-10-23-15-16(20)21-9-22-17(15)24/h2-6,9-10,13-14,18H,7-8H2,1H3/t13-,14-,18+/m0/s1. The highest BCUT2D eigenvalue weighted by atomic mass is 35.5. The molecule has 0 spiro atoms. The van der Waals surface area contributed by atoms with Crippen molar-refractivity contribution in [1.82, 2.24) is 19.5 Å². The molecule has 0 amide bonds. The lowest BCUT2D eigenvalue weighted by atomic mass is 10.2. The maximum Gasteiger partial charge on any atom is 0.338 e. The Morgan fingerprint density at radius 2 is 2.03 bits per heavy atom. The number of carbonyl (C=O) groups is 2. The Morgan fingerprint density at radius 1 is 1.24 bits per heavy atom. The van der Waals surface area contributed by atoms with E-state index >= 15 is 0 Å². The van der Waals surface area contributed by atoms with Crippen molar-refractivity contribution in [2.24, 2.45) is 0 Å². The van der Waals surface area contributed by atoms with E-state index in [1.54, 1.807) is 28.8 Å². The molecule has 0 aliphatic carbocycles. The Bertz CT molecular complexity index is 1040. The summed E-state index contributed by atoms with van der Waals surface area (Å²) in [6, 6.07) is 8.67. The maximum atomic E-state index is 12.2. The lowest BCUT2D eigenvalue weighted by Crippen LogP contribution is -2.24. The lowest BCUT2D eigenvalue weighted by molar-refractivity contribution is -0.152. The van der Waals surface area contributed by atoms with Gasteiger partial charge >= 0.3 is 11.9 Å². The number of fused-ring (bicyclic) bond motifs is 1. The third-order valence-electron chi connectivity index (χ3n) is 4.46. The third kappa shape index (κ3) is 4.06. The molecule has 3 aromatic rings. The van der Waals surface area contributed by atoms with Crippen molar-refractivity contribution in [3.8, 4) is 0 Å². The van der Waals surface area contributed by atoms with Gasteiger partial charge in [0.15, 0.2) is 17.0 Å². The van der Waals surface area contributed by atoms with Gasteiger partial charge in [0.05, 0.1) is 18.0 Å². The summed E-state index contributed by atoms with van der Waals surface area (Å²) in [6.07, 6.45) is 1.42. The molecule has 3 heterocycles. The van der Waals surface area contributed by atoms with E-state index in [0.717, 1.165) is 0 Å². The fraction of sp³-hybridized carbons (Fsp3) is 0.316. The number of rotatable bonds is 5. The van der Waals surface area contributed by atoms with Crippen molar-refractivity contribution < 1.29 is 23.8 Å². The second-order valence-electron chi connectivity index (χ2n) is 6.49. The number of nitrogens with zero attached hydrogens (tertiary/aromatic N) is 4. The molecule has 4 rings (SSSR count). The van der Waals surface area contributed by atoms with E-state index in [0.29, 0.717) is 23.1 Å². The molecule has 1 aliphatic rings. The molecule has 0 bridgehead atoms. The van der Waals surface area contributed by atoms with E-state index in [1.807, 2.05) is 6.07 Å². The topological polar surface area (TPSA) is 105 Å². The van der Waals surface area contributed by atoms with E-state index in [-0.39, 0.29) is 11.8 Å². The van der Waals surface area contributed by atoms with Gasteiger partial charge in [-0.1, -0.05) is 29.8 Å². The highest BCUT2D eigenvalue weighted by Gasteiger charge is 2.40. The van der Waals surface area contributed by atoms with Gasteiger partial charge < -0.3 is 14.2 Å². The van der Waals surface area contributed by atoms with Gasteiger partial charge in [-0.05, 0) is 12.1 Å². The van der Waals surface area contributed by atoms with Gasteiger partial charge in [-0.25, -0.2) is 19.7 Å². The molecule has 0 saturated carbocycles. The molecule has 0 N–H and O–H groups in total. The highest BCUT2D eigenvalue weighted by molar-refractivity contribution is 6.33. The summed E-state index contributed by atoms with van der Waals surface area (Å²) in [4.78, 5) is 36.0. The van der Waals surface area contributed by atoms with Gasteiger partial charge in [-0.3, -0.25) is 9.36 Å². The van der Waals surface area contributed by atoms with Crippen LogP contribution in [0, 0.1) is 0 Å². The van der Waals surface area contributed by atoms with Crippen LogP contribution >= 0.6 is 11.6 Å². The Kier molecular flexibility index (Phi) is 5.41. The van der Waals surface area contributed by atoms with Crippen LogP contribution in [0.3, 0.4) is 0 Å². The number of hydrogen-bond acceptors (Lipinski definition) is 8. The summed E-state index contributed by atoms with van der Waals surface area (Å²) in [6.45, 7) is 1.34. The number of imidazole rings is 1. The maximum absolute atomic E-state index is 12.2.